The maximum absolute atomic E-state index is 13.6. The molecule has 0 radical (unpaired) electrons. The van der Waals surface area contributed by atoms with Gasteiger partial charge in [0, 0.05) is 15.9 Å². The molecule has 0 aliphatic carbocycles. The van der Waals surface area contributed by atoms with E-state index in [0.29, 0.717) is 4.47 Å². The molecule has 0 amide bonds. The molecule has 6 heteroatoms. The van der Waals surface area contributed by atoms with Gasteiger partial charge in [0.2, 0.25) is 0 Å². The number of nitrogens with one attached hydrogen (secondary N) is 1. The summed E-state index contributed by atoms with van der Waals surface area (Å²) < 4.78 is 27.0. The van der Waals surface area contributed by atoms with Crippen molar-refractivity contribution in [3.8, 4) is 0 Å². The second-order valence-electron chi connectivity index (χ2n) is 3.90. The normalized spacial score (nSPS) is 12.5. The molecule has 1 heterocycles. The van der Waals surface area contributed by atoms with Gasteiger partial charge in [0.25, 0.3) is 0 Å². The molecule has 2 aromatic rings. The Balaban J connectivity index is 2.24. The predicted octanol–water partition coefficient (Wildman–Crippen LogP) is 4.67. The van der Waals surface area contributed by atoms with Gasteiger partial charge in [0.05, 0.1) is 22.4 Å². The summed E-state index contributed by atoms with van der Waals surface area (Å²) >= 11 is 4.68. The zero-order valence-electron chi connectivity index (χ0n) is 9.80. The molecule has 18 heavy (non-hydrogen) atoms. The maximum Gasteiger partial charge on any atom is 0.150 e. The SMILES string of the molecule is Cc1nc(C(C)Nc2c(F)cc(F)cc2Br)cs1. The summed E-state index contributed by atoms with van der Waals surface area (Å²) in [5.74, 6) is -1.23. The van der Waals surface area contributed by atoms with Crippen LogP contribution < -0.4 is 5.32 Å². The van der Waals surface area contributed by atoms with Crippen molar-refractivity contribution in [3.63, 3.8) is 0 Å². The minimum atomic E-state index is -0.624. The van der Waals surface area contributed by atoms with Gasteiger partial charge in [-0.2, -0.15) is 0 Å². The molecule has 0 saturated carbocycles. The van der Waals surface area contributed by atoms with Gasteiger partial charge in [0.1, 0.15) is 11.6 Å². The van der Waals surface area contributed by atoms with E-state index in [-0.39, 0.29) is 11.7 Å². The first-order chi connectivity index (χ1) is 8.47. The third kappa shape index (κ3) is 2.87. The molecule has 0 bridgehead atoms. The fourth-order valence-corrected chi connectivity index (χ4v) is 2.78. The summed E-state index contributed by atoms with van der Waals surface area (Å²) in [6, 6.07) is 1.93. The van der Waals surface area contributed by atoms with Crippen LogP contribution in [0.1, 0.15) is 23.7 Å². The number of anilines is 1. The smallest absolute Gasteiger partial charge is 0.150 e. The number of thiazole rings is 1. The number of halogens is 3. The van der Waals surface area contributed by atoms with Crippen LogP contribution in [0.25, 0.3) is 0 Å². The third-order valence-electron chi connectivity index (χ3n) is 2.45. The highest BCUT2D eigenvalue weighted by Gasteiger charge is 2.14. The monoisotopic (exact) mass is 332 g/mol. The van der Waals surface area contributed by atoms with E-state index in [9.17, 15) is 8.78 Å². The molecule has 0 fully saturated rings. The highest BCUT2D eigenvalue weighted by molar-refractivity contribution is 9.10. The van der Waals surface area contributed by atoms with Crippen LogP contribution in [0.5, 0.6) is 0 Å². The van der Waals surface area contributed by atoms with Gasteiger partial charge < -0.3 is 5.32 Å². The molecule has 1 aromatic carbocycles. The van der Waals surface area contributed by atoms with Crippen LogP contribution in [0.2, 0.25) is 0 Å². The first-order valence-electron chi connectivity index (χ1n) is 5.30. The number of hydrogen-bond acceptors (Lipinski definition) is 3. The number of benzene rings is 1. The highest BCUT2D eigenvalue weighted by atomic mass is 79.9. The summed E-state index contributed by atoms with van der Waals surface area (Å²) in [6.45, 7) is 3.79. The molecule has 0 spiro atoms. The Labute approximate surface area is 116 Å². The summed E-state index contributed by atoms with van der Waals surface area (Å²) in [7, 11) is 0. The number of rotatable bonds is 3. The maximum atomic E-state index is 13.6. The van der Waals surface area contributed by atoms with E-state index < -0.39 is 11.6 Å². The Hall–Kier alpha value is -1.01. The van der Waals surface area contributed by atoms with Crippen LogP contribution >= 0.6 is 27.3 Å². The van der Waals surface area contributed by atoms with Crippen LogP contribution in [0.15, 0.2) is 22.0 Å². The molecular formula is C12H11BrF2N2S. The lowest BCUT2D eigenvalue weighted by Crippen LogP contribution is -2.09. The summed E-state index contributed by atoms with van der Waals surface area (Å²) in [6.07, 6.45) is 0. The summed E-state index contributed by atoms with van der Waals surface area (Å²) in [5, 5.41) is 5.87. The van der Waals surface area contributed by atoms with E-state index >= 15 is 0 Å². The highest BCUT2D eigenvalue weighted by Crippen LogP contribution is 2.30. The van der Waals surface area contributed by atoms with Crippen LogP contribution in [-0.4, -0.2) is 4.98 Å². The number of aryl methyl sites for hydroxylation is 1. The summed E-state index contributed by atoms with van der Waals surface area (Å²) in [5.41, 5.74) is 1.09. The van der Waals surface area contributed by atoms with Crippen molar-refractivity contribution in [2.45, 2.75) is 19.9 Å². The zero-order chi connectivity index (χ0) is 13.3. The van der Waals surface area contributed by atoms with Crippen molar-refractivity contribution in [2.24, 2.45) is 0 Å². The van der Waals surface area contributed by atoms with Crippen LogP contribution in [0, 0.1) is 18.6 Å². The quantitative estimate of drug-likeness (QED) is 0.883. The van der Waals surface area contributed by atoms with Crippen molar-refractivity contribution >= 4 is 33.0 Å². The Morgan fingerprint density at radius 2 is 2.11 bits per heavy atom. The van der Waals surface area contributed by atoms with E-state index in [1.165, 1.54) is 17.4 Å². The second kappa shape index (κ2) is 5.32. The lowest BCUT2D eigenvalue weighted by atomic mass is 10.2. The zero-order valence-corrected chi connectivity index (χ0v) is 12.2. The molecule has 0 aliphatic rings. The van der Waals surface area contributed by atoms with Crippen molar-refractivity contribution in [3.05, 3.63) is 44.3 Å². The van der Waals surface area contributed by atoms with Gasteiger partial charge in [-0.05, 0) is 35.8 Å². The largest absolute Gasteiger partial charge is 0.374 e. The molecule has 1 unspecified atom stereocenters. The average Bonchev–Trinajstić information content (AvgIpc) is 2.70. The lowest BCUT2D eigenvalue weighted by molar-refractivity contribution is 0.582. The lowest BCUT2D eigenvalue weighted by Gasteiger charge is -2.15. The molecule has 96 valence electrons. The standard InChI is InChI=1S/C12H11BrF2N2S/c1-6(11-5-18-7(2)17-11)16-12-9(13)3-8(14)4-10(12)15/h3-6,16H,1-2H3. The van der Waals surface area contributed by atoms with E-state index in [2.05, 4.69) is 26.2 Å². The molecule has 2 nitrogen and oxygen atoms in total. The van der Waals surface area contributed by atoms with Crippen molar-refractivity contribution in [1.82, 2.24) is 4.98 Å². The average molecular weight is 333 g/mol. The summed E-state index contributed by atoms with van der Waals surface area (Å²) in [4.78, 5) is 4.33. The van der Waals surface area contributed by atoms with E-state index in [1.54, 1.807) is 0 Å². The molecule has 1 atom stereocenters. The van der Waals surface area contributed by atoms with Crippen LogP contribution in [0.4, 0.5) is 14.5 Å². The van der Waals surface area contributed by atoms with Crippen LogP contribution in [0.3, 0.4) is 0 Å². The van der Waals surface area contributed by atoms with E-state index in [0.717, 1.165) is 16.8 Å². The van der Waals surface area contributed by atoms with Gasteiger partial charge in [0.15, 0.2) is 0 Å². The van der Waals surface area contributed by atoms with Gasteiger partial charge in [-0.25, -0.2) is 13.8 Å². The van der Waals surface area contributed by atoms with Gasteiger partial charge in [-0.3, -0.25) is 0 Å². The minimum absolute atomic E-state index is 0.147. The van der Waals surface area contributed by atoms with Crippen molar-refractivity contribution in [2.75, 3.05) is 5.32 Å². The predicted molar refractivity (Wildman–Crippen MR) is 72.9 cm³/mol. The molecule has 2 rings (SSSR count). The molecule has 0 saturated heterocycles. The van der Waals surface area contributed by atoms with E-state index in [4.69, 9.17) is 0 Å². The molecule has 1 aromatic heterocycles. The Morgan fingerprint density at radius 1 is 1.39 bits per heavy atom. The first kappa shape index (κ1) is 13.4. The van der Waals surface area contributed by atoms with Crippen molar-refractivity contribution in [1.29, 1.82) is 0 Å². The first-order valence-corrected chi connectivity index (χ1v) is 6.97. The second-order valence-corrected chi connectivity index (χ2v) is 5.82. The number of nitrogens with zero attached hydrogens (tertiary/aromatic N) is 1. The molecule has 0 aliphatic heterocycles. The van der Waals surface area contributed by atoms with E-state index in [1.807, 2.05) is 19.2 Å². The van der Waals surface area contributed by atoms with Crippen molar-refractivity contribution < 1.29 is 8.78 Å². The van der Waals surface area contributed by atoms with Gasteiger partial charge >= 0.3 is 0 Å². The van der Waals surface area contributed by atoms with Gasteiger partial charge in [-0.15, -0.1) is 11.3 Å². The molecule has 1 N–H and O–H groups in total. The minimum Gasteiger partial charge on any atom is -0.374 e. The fourth-order valence-electron chi connectivity index (χ4n) is 1.55. The topological polar surface area (TPSA) is 24.9 Å². The Kier molecular flexibility index (Phi) is 3.97. The van der Waals surface area contributed by atoms with Crippen LogP contribution in [-0.2, 0) is 0 Å². The Bertz CT molecular complexity index is 548. The van der Waals surface area contributed by atoms with Gasteiger partial charge in [-0.1, -0.05) is 0 Å². The Morgan fingerprint density at radius 3 is 2.67 bits per heavy atom. The fraction of sp³-hybridized carbons (Fsp3) is 0.250. The number of hydrogen-bond donors (Lipinski definition) is 1. The molecular weight excluding hydrogens is 322 g/mol. The number of aromatic nitrogens is 1. The third-order valence-corrected chi connectivity index (χ3v) is 3.87.